The number of carbonyl (C=O) groups excluding carboxylic acids is 2. The van der Waals surface area contributed by atoms with Gasteiger partial charge in [0.25, 0.3) is 11.6 Å². The molecule has 0 atom stereocenters. The summed E-state index contributed by atoms with van der Waals surface area (Å²) in [6, 6.07) is 10.1. The maximum Gasteiger partial charge on any atom is 0.270 e. The van der Waals surface area contributed by atoms with Gasteiger partial charge in [0.2, 0.25) is 5.91 Å². The normalized spacial score (nSPS) is 10.3. The standard InChI is InChI=1S/C18H17Cl2N3O4/c1-2-8-22(18(25)12-4-3-5-14(9-12)23(26)27)11-17(24)21-16-7-6-13(19)10-15(16)20/h3-7,9-10H,2,8,11H2,1H3,(H,21,24). The summed E-state index contributed by atoms with van der Waals surface area (Å²) in [4.78, 5) is 36.7. The number of benzene rings is 2. The van der Waals surface area contributed by atoms with Crippen molar-refractivity contribution in [2.45, 2.75) is 13.3 Å². The summed E-state index contributed by atoms with van der Waals surface area (Å²) in [6.07, 6.45) is 0.621. The minimum Gasteiger partial charge on any atom is -0.329 e. The monoisotopic (exact) mass is 409 g/mol. The molecule has 0 spiro atoms. The Balaban J connectivity index is 2.14. The second kappa shape index (κ2) is 9.34. The van der Waals surface area contributed by atoms with E-state index in [1.165, 1.54) is 35.2 Å². The summed E-state index contributed by atoms with van der Waals surface area (Å²) in [5.41, 5.74) is 0.343. The second-order valence-electron chi connectivity index (χ2n) is 5.71. The Kier molecular flexibility index (Phi) is 7.15. The fourth-order valence-corrected chi connectivity index (χ4v) is 2.87. The maximum atomic E-state index is 12.7. The zero-order valence-electron chi connectivity index (χ0n) is 14.4. The topological polar surface area (TPSA) is 92.6 Å². The number of anilines is 1. The van der Waals surface area contributed by atoms with Gasteiger partial charge in [0, 0.05) is 29.3 Å². The van der Waals surface area contributed by atoms with Gasteiger partial charge in [0.15, 0.2) is 0 Å². The second-order valence-corrected chi connectivity index (χ2v) is 6.55. The van der Waals surface area contributed by atoms with E-state index >= 15 is 0 Å². The lowest BCUT2D eigenvalue weighted by Gasteiger charge is -2.22. The molecule has 0 aliphatic rings. The Morgan fingerprint density at radius 1 is 1.19 bits per heavy atom. The predicted octanol–water partition coefficient (Wildman–Crippen LogP) is 4.39. The third-order valence-electron chi connectivity index (χ3n) is 3.62. The van der Waals surface area contributed by atoms with Crippen LogP contribution in [0.1, 0.15) is 23.7 Å². The number of amides is 2. The fraction of sp³-hybridized carbons (Fsp3) is 0.222. The van der Waals surface area contributed by atoms with Crippen molar-refractivity contribution >= 4 is 46.4 Å². The smallest absolute Gasteiger partial charge is 0.270 e. The van der Waals surface area contributed by atoms with E-state index in [1.54, 1.807) is 12.1 Å². The molecular formula is C18H17Cl2N3O4. The van der Waals surface area contributed by atoms with Crippen LogP contribution in [0.3, 0.4) is 0 Å². The van der Waals surface area contributed by atoms with E-state index < -0.39 is 16.7 Å². The molecule has 0 saturated carbocycles. The maximum absolute atomic E-state index is 12.7. The Labute approximate surface area is 166 Å². The van der Waals surface area contributed by atoms with Gasteiger partial charge in [-0.2, -0.15) is 0 Å². The van der Waals surface area contributed by atoms with E-state index in [1.807, 2.05) is 6.92 Å². The van der Waals surface area contributed by atoms with Gasteiger partial charge in [-0.1, -0.05) is 36.2 Å². The number of halogens is 2. The molecule has 0 aliphatic carbocycles. The minimum atomic E-state index is -0.573. The Morgan fingerprint density at radius 3 is 2.56 bits per heavy atom. The van der Waals surface area contributed by atoms with Crippen LogP contribution >= 0.6 is 23.2 Å². The molecule has 2 rings (SSSR count). The number of nitrogens with zero attached hydrogens (tertiary/aromatic N) is 2. The average molecular weight is 410 g/mol. The minimum absolute atomic E-state index is 0.148. The highest BCUT2D eigenvalue weighted by molar-refractivity contribution is 6.36. The van der Waals surface area contributed by atoms with Crippen molar-refractivity contribution in [3.63, 3.8) is 0 Å². The Bertz CT molecular complexity index is 873. The summed E-state index contributed by atoms with van der Waals surface area (Å²) >= 11 is 11.9. The summed E-state index contributed by atoms with van der Waals surface area (Å²) in [7, 11) is 0. The average Bonchev–Trinajstić information content (AvgIpc) is 2.63. The quantitative estimate of drug-likeness (QED) is 0.541. The molecule has 7 nitrogen and oxygen atoms in total. The van der Waals surface area contributed by atoms with E-state index in [9.17, 15) is 19.7 Å². The number of hydrogen-bond acceptors (Lipinski definition) is 4. The highest BCUT2D eigenvalue weighted by Gasteiger charge is 2.20. The highest BCUT2D eigenvalue weighted by Crippen LogP contribution is 2.25. The third kappa shape index (κ3) is 5.67. The molecule has 27 heavy (non-hydrogen) atoms. The first-order chi connectivity index (χ1) is 12.8. The van der Waals surface area contributed by atoms with E-state index in [2.05, 4.69) is 5.32 Å². The van der Waals surface area contributed by atoms with E-state index in [4.69, 9.17) is 23.2 Å². The number of rotatable bonds is 7. The Morgan fingerprint density at radius 2 is 1.93 bits per heavy atom. The number of nitrogens with one attached hydrogen (secondary N) is 1. The van der Waals surface area contributed by atoms with Gasteiger partial charge < -0.3 is 10.2 Å². The molecule has 0 radical (unpaired) electrons. The molecule has 0 aromatic heterocycles. The molecule has 0 fully saturated rings. The molecular weight excluding hydrogens is 393 g/mol. The lowest BCUT2D eigenvalue weighted by atomic mass is 10.1. The summed E-state index contributed by atoms with van der Waals surface area (Å²) in [5, 5.41) is 14.3. The van der Waals surface area contributed by atoms with Crippen LogP contribution in [0, 0.1) is 10.1 Å². The summed E-state index contributed by atoms with van der Waals surface area (Å²) < 4.78 is 0. The van der Waals surface area contributed by atoms with Crippen LogP contribution in [-0.4, -0.2) is 34.7 Å². The number of hydrogen-bond donors (Lipinski definition) is 1. The first kappa shape index (κ1) is 20.7. The van der Waals surface area contributed by atoms with Gasteiger partial charge in [-0.05, 0) is 30.7 Å². The van der Waals surface area contributed by atoms with Crippen molar-refractivity contribution in [3.8, 4) is 0 Å². The van der Waals surface area contributed by atoms with Crippen molar-refractivity contribution in [1.82, 2.24) is 4.90 Å². The van der Waals surface area contributed by atoms with Crippen LogP contribution in [-0.2, 0) is 4.79 Å². The molecule has 1 N–H and O–H groups in total. The lowest BCUT2D eigenvalue weighted by Crippen LogP contribution is -2.38. The summed E-state index contributed by atoms with van der Waals surface area (Å²) in [5.74, 6) is -0.899. The number of non-ortho nitro benzene ring substituents is 1. The van der Waals surface area contributed by atoms with Crippen molar-refractivity contribution in [1.29, 1.82) is 0 Å². The van der Waals surface area contributed by atoms with Crippen LogP contribution in [0.4, 0.5) is 11.4 Å². The lowest BCUT2D eigenvalue weighted by molar-refractivity contribution is -0.384. The SMILES string of the molecule is CCCN(CC(=O)Nc1ccc(Cl)cc1Cl)C(=O)c1cccc([N+](=O)[O-])c1. The van der Waals surface area contributed by atoms with Crippen molar-refractivity contribution in [2.24, 2.45) is 0 Å². The molecule has 9 heteroatoms. The number of nitro groups is 1. The molecule has 2 aromatic carbocycles. The molecule has 0 aliphatic heterocycles. The molecule has 0 saturated heterocycles. The molecule has 142 valence electrons. The molecule has 2 aromatic rings. The van der Waals surface area contributed by atoms with Crippen LogP contribution in [0.25, 0.3) is 0 Å². The zero-order chi connectivity index (χ0) is 20.0. The van der Waals surface area contributed by atoms with Gasteiger partial charge in [0.1, 0.15) is 6.54 Å². The number of nitro benzene ring substituents is 1. The van der Waals surface area contributed by atoms with E-state index in [0.29, 0.717) is 23.7 Å². The van der Waals surface area contributed by atoms with Crippen molar-refractivity contribution in [3.05, 3.63) is 68.2 Å². The highest BCUT2D eigenvalue weighted by atomic mass is 35.5. The van der Waals surface area contributed by atoms with Crippen LogP contribution in [0.15, 0.2) is 42.5 Å². The first-order valence-electron chi connectivity index (χ1n) is 8.10. The molecule has 2 amide bonds. The zero-order valence-corrected chi connectivity index (χ0v) is 16.0. The molecule has 0 heterocycles. The van der Waals surface area contributed by atoms with Gasteiger partial charge >= 0.3 is 0 Å². The van der Waals surface area contributed by atoms with Gasteiger partial charge in [0.05, 0.1) is 15.6 Å². The van der Waals surface area contributed by atoms with Crippen molar-refractivity contribution < 1.29 is 14.5 Å². The predicted molar refractivity (Wildman–Crippen MR) is 104 cm³/mol. The van der Waals surface area contributed by atoms with Crippen molar-refractivity contribution in [2.75, 3.05) is 18.4 Å². The Hall–Kier alpha value is -2.64. The third-order valence-corrected chi connectivity index (χ3v) is 4.17. The van der Waals surface area contributed by atoms with Gasteiger partial charge in [-0.25, -0.2) is 0 Å². The van der Waals surface area contributed by atoms with Gasteiger partial charge in [-0.3, -0.25) is 19.7 Å². The van der Waals surface area contributed by atoms with Gasteiger partial charge in [-0.15, -0.1) is 0 Å². The number of carbonyl (C=O) groups is 2. The molecule has 0 bridgehead atoms. The fourth-order valence-electron chi connectivity index (χ4n) is 2.41. The molecule has 0 unspecified atom stereocenters. The van der Waals surface area contributed by atoms with Crippen LogP contribution in [0.2, 0.25) is 10.0 Å². The first-order valence-corrected chi connectivity index (χ1v) is 8.86. The van der Waals surface area contributed by atoms with E-state index in [-0.39, 0.29) is 22.8 Å². The van der Waals surface area contributed by atoms with Crippen LogP contribution in [0.5, 0.6) is 0 Å². The largest absolute Gasteiger partial charge is 0.329 e. The van der Waals surface area contributed by atoms with E-state index in [0.717, 1.165) is 0 Å². The summed E-state index contributed by atoms with van der Waals surface area (Å²) in [6.45, 7) is 1.97. The van der Waals surface area contributed by atoms with Crippen LogP contribution < -0.4 is 5.32 Å².